The molecule has 1 aromatic rings. The Morgan fingerprint density at radius 1 is 1.41 bits per heavy atom. The number of hydrogen-bond donors (Lipinski definition) is 1. The van der Waals surface area contributed by atoms with Crippen molar-refractivity contribution in [1.82, 2.24) is 0 Å². The zero-order valence-corrected chi connectivity index (χ0v) is 9.76. The van der Waals surface area contributed by atoms with Crippen LogP contribution < -0.4 is 4.74 Å². The van der Waals surface area contributed by atoms with Gasteiger partial charge in [0.25, 0.3) is 0 Å². The minimum absolute atomic E-state index is 0.111. The summed E-state index contributed by atoms with van der Waals surface area (Å²) in [4.78, 5) is 11.2. The van der Waals surface area contributed by atoms with Gasteiger partial charge in [-0.15, -0.1) is 0 Å². The number of hydrogen-bond acceptors (Lipinski definition) is 4. The van der Waals surface area contributed by atoms with Gasteiger partial charge in [0, 0.05) is 5.57 Å². The summed E-state index contributed by atoms with van der Waals surface area (Å²) < 4.78 is 10.3. The van der Waals surface area contributed by atoms with Crippen LogP contribution in [0.3, 0.4) is 0 Å². The molecular weight excluding hydrogens is 220 g/mol. The molecule has 1 aromatic carbocycles. The number of rotatable bonds is 6. The summed E-state index contributed by atoms with van der Waals surface area (Å²) >= 11 is 0. The molecule has 4 heteroatoms. The van der Waals surface area contributed by atoms with Crippen LogP contribution in [-0.4, -0.2) is 30.4 Å². The van der Waals surface area contributed by atoms with Crippen molar-refractivity contribution in [3.05, 3.63) is 42.5 Å². The third kappa shape index (κ3) is 4.70. The molecule has 4 nitrogen and oxygen atoms in total. The Labute approximate surface area is 100 Å². The molecule has 0 fully saturated rings. The smallest absolute Gasteiger partial charge is 0.333 e. The van der Waals surface area contributed by atoms with Crippen molar-refractivity contribution in [2.75, 3.05) is 13.2 Å². The summed E-state index contributed by atoms with van der Waals surface area (Å²) in [6, 6.07) is 9.12. The summed E-state index contributed by atoms with van der Waals surface area (Å²) in [5.41, 5.74) is 0.295. The molecule has 0 aromatic heterocycles. The van der Waals surface area contributed by atoms with E-state index in [9.17, 15) is 4.79 Å². The number of ether oxygens (including phenoxy) is 2. The van der Waals surface area contributed by atoms with E-state index in [-0.39, 0.29) is 13.2 Å². The van der Waals surface area contributed by atoms with E-state index in [0.717, 1.165) is 0 Å². The van der Waals surface area contributed by atoms with E-state index in [2.05, 4.69) is 6.58 Å². The average Bonchev–Trinajstić information content (AvgIpc) is 2.35. The number of carbonyl (C=O) groups excluding carboxylic acids is 1. The minimum Gasteiger partial charge on any atom is -0.490 e. The molecule has 1 N–H and O–H groups in total. The predicted molar refractivity (Wildman–Crippen MR) is 63.7 cm³/mol. The zero-order chi connectivity index (χ0) is 12.7. The van der Waals surface area contributed by atoms with Crippen LogP contribution >= 0.6 is 0 Å². The van der Waals surface area contributed by atoms with Crippen molar-refractivity contribution in [3.63, 3.8) is 0 Å². The van der Waals surface area contributed by atoms with Gasteiger partial charge in [0.05, 0.1) is 6.61 Å². The summed E-state index contributed by atoms with van der Waals surface area (Å²) in [6.45, 7) is 4.84. The van der Waals surface area contributed by atoms with Crippen molar-refractivity contribution in [1.29, 1.82) is 0 Å². The molecule has 0 radical (unpaired) electrons. The van der Waals surface area contributed by atoms with E-state index in [1.165, 1.54) is 0 Å². The van der Waals surface area contributed by atoms with Crippen LogP contribution in [0.4, 0.5) is 0 Å². The summed E-state index contributed by atoms with van der Waals surface area (Å²) in [6.07, 6.45) is -0.681. The van der Waals surface area contributed by atoms with Gasteiger partial charge in [-0.05, 0) is 19.1 Å². The van der Waals surface area contributed by atoms with Crippen LogP contribution in [0.5, 0.6) is 5.75 Å². The van der Waals surface area contributed by atoms with E-state index in [1.54, 1.807) is 19.1 Å². The van der Waals surface area contributed by atoms with Crippen molar-refractivity contribution in [2.45, 2.75) is 13.0 Å². The van der Waals surface area contributed by atoms with Gasteiger partial charge in [-0.25, -0.2) is 4.79 Å². The van der Waals surface area contributed by atoms with E-state index in [0.29, 0.717) is 11.3 Å². The van der Waals surface area contributed by atoms with E-state index in [4.69, 9.17) is 14.6 Å². The molecule has 1 rings (SSSR count). The largest absolute Gasteiger partial charge is 0.490 e. The van der Waals surface area contributed by atoms with Crippen LogP contribution in [0.2, 0.25) is 0 Å². The molecule has 0 aliphatic heterocycles. The highest BCUT2D eigenvalue weighted by Gasteiger charge is 2.14. The summed E-state index contributed by atoms with van der Waals surface area (Å²) in [7, 11) is 0. The fraction of sp³-hybridized carbons (Fsp3) is 0.308. The van der Waals surface area contributed by atoms with E-state index < -0.39 is 12.1 Å². The lowest BCUT2D eigenvalue weighted by atomic mass is 10.3. The Kier molecular flexibility index (Phi) is 5.23. The third-order valence-corrected chi connectivity index (χ3v) is 2.00. The Bertz CT molecular complexity index is 372. The first kappa shape index (κ1) is 13.3. The molecule has 1 atom stereocenters. The fourth-order valence-corrected chi connectivity index (χ4v) is 1.08. The Balaban J connectivity index is 2.43. The molecule has 0 aliphatic carbocycles. The fourth-order valence-electron chi connectivity index (χ4n) is 1.08. The van der Waals surface area contributed by atoms with Crippen LogP contribution in [0.1, 0.15) is 6.92 Å². The Morgan fingerprint density at radius 2 is 2.06 bits per heavy atom. The molecule has 0 aliphatic rings. The number of esters is 1. The monoisotopic (exact) mass is 236 g/mol. The van der Waals surface area contributed by atoms with Gasteiger partial charge in [0.1, 0.15) is 12.4 Å². The molecule has 0 saturated heterocycles. The van der Waals surface area contributed by atoms with Crippen molar-refractivity contribution in [2.24, 2.45) is 0 Å². The van der Waals surface area contributed by atoms with Gasteiger partial charge in [-0.1, -0.05) is 24.8 Å². The molecule has 0 heterocycles. The van der Waals surface area contributed by atoms with Gasteiger partial charge in [-0.2, -0.15) is 0 Å². The lowest BCUT2D eigenvalue weighted by Gasteiger charge is -2.16. The highest BCUT2D eigenvalue weighted by molar-refractivity contribution is 5.87. The Hall–Kier alpha value is -1.81. The van der Waals surface area contributed by atoms with E-state index >= 15 is 0 Å². The average molecular weight is 236 g/mol. The molecule has 1 unspecified atom stereocenters. The van der Waals surface area contributed by atoms with Crippen LogP contribution in [0.15, 0.2) is 42.5 Å². The molecule has 17 heavy (non-hydrogen) atoms. The maximum atomic E-state index is 11.2. The second kappa shape index (κ2) is 6.70. The molecule has 0 bridgehead atoms. The number of aliphatic hydroxyl groups excluding tert-OH is 1. The number of para-hydroxylation sites is 1. The standard InChI is InChI=1S/C13H16O4/c1-10(2)13(15)17-12(8-14)9-16-11-6-4-3-5-7-11/h3-7,12,14H,1,8-9H2,2H3. The van der Waals surface area contributed by atoms with Crippen molar-refractivity contribution in [3.8, 4) is 5.75 Å². The van der Waals surface area contributed by atoms with Crippen LogP contribution in [0, 0.1) is 0 Å². The summed E-state index contributed by atoms with van der Waals surface area (Å²) in [5, 5.41) is 9.05. The van der Waals surface area contributed by atoms with Gasteiger partial charge in [0.15, 0.2) is 6.10 Å². The van der Waals surface area contributed by atoms with E-state index in [1.807, 2.05) is 18.2 Å². The van der Waals surface area contributed by atoms with Gasteiger partial charge >= 0.3 is 5.97 Å². The molecular formula is C13H16O4. The predicted octanol–water partition coefficient (Wildman–Crippen LogP) is 1.55. The lowest BCUT2D eigenvalue weighted by Crippen LogP contribution is -2.28. The number of aliphatic hydroxyl groups is 1. The topological polar surface area (TPSA) is 55.8 Å². The SMILES string of the molecule is C=C(C)C(=O)OC(CO)COc1ccccc1. The highest BCUT2D eigenvalue weighted by Crippen LogP contribution is 2.09. The van der Waals surface area contributed by atoms with Gasteiger partial charge in [0.2, 0.25) is 0 Å². The van der Waals surface area contributed by atoms with Gasteiger partial charge in [-0.3, -0.25) is 0 Å². The minimum atomic E-state index is -0.681. The van der Waals surface area contributed by atoms with Crippen LogP contribution in [-0.2, 0) is 9.53 Å². The highest BCUT2D eigenvalue weighted by atomic mass is 16.6. The van der Waals surface area contributed by atoms with Crippen molar-refractivity contribution >= 4 is 5.97 Å². The van der Waals surface area contributed by atoms with Gasteiger partial charge < -0.3 is 14.6 Å². The molecule has 0 saturated carbocycles. The first-order valence-corrected chi connectivity index (χ1v) is 5.28. The first-order chi connectivity index (χ1) is 8.13. The molecule has 0 spiro atoms. The number of benzene rings is 1. The first-order valence-electron chi connectivity index (χ1n) is 5.28. The maximum absolute atomic E-state index is 11.2. The zero-order valence-electron chi connectivity index (χ0n) is 9.76. The second-order valence-electron chi connectivity index (χ2n) is 3.61. The third-order valence-electron chi connectivity index (χ3n) is 2.00. The molecule has 0 amide bonds. The Morgan fingerprint density at radius 3 is 2.59 bits per heavy atom. The lowest BCUT2D eigenvalue weighted by molar-refractivity contribution is -0.147. The van der Waals surface area contributed by atoms with Crippen molar-refractivity contribution < 1.29 is 19.4 Å². The second-order valence-corrected chi connectivity index (χ2v) is 3.61. The quantitative estimate of drug-likeness (QED) is 0.601. The molecule has 92 valence electrons. The maximum Gasteiger partial charge on any atom is 0.333 e. The number of carbonyl (C=O) groups is 1. The van der Waals surface area contributed by atoms with Crippen LogP contribution in [0.25, 0.3) is 0 Å². The normalized spacial score (nSPS) is 11.6. The summed E-state index contributed by atoms with van der Waals surface area (Å²) in [5.74, 6) is 0.137.